The van der Waals surface area contributed by atoms with E-state index < -0.39 is 0 Å². The number of benzene rings is 3. The quantitative estimate of drug-likeness (QED) is 0.399. The minimum Gasteiger partial charge on any atom is -0.489 e. The average molecular weight is 439 g/mol. The molecule has 0 aromatic heterocycles. The fourth-order valence-corrected chi connectivity index (χ4v) is 3.89. The number of ketones is 1. The number of fused-ring (bicyclic) bond motifs is 1. The second-order valence-electron chi connectivity index (χ2n) is 7.14. The van der Waals surface area contributed by atoms with Crippen molar-refractivity contribution < 1.29 is 14.3 Å². The summed E-state index contributed by atoms with van der Waals surface area (Å²) in [6, 6.07) is 17.0. The minimum atomic E-state index is -0.122. The summed E-state index contributed by atoms with van der Waals surface area (Å²) < 4.78 is 11.8. The Balaban J connectivity index is 1.57. The number of allylic oxidation sites excluding steroid dienone is 1. The highest BCUT2D eigenvalue weighted by Crippen LogP contribution is 2.38. The molecule has 0 fully saturated rings. The first-order valence-electron chi connectivity index (χ1n) is 9.69. The van der Waals surface area contributed by atoms with E-state index in [2.05, 4.69) is 19.1 Å². The molecular formula is C25H20Cl2O3. The van der Waals surface area contributed by atoms with E-state index in [4.69, 9.17) is 32.7 Å². The number of carbonyl (C=O) groups is 1. The van der Waals surface area contributed by atoms with E-state index in [9.17, 15) is 4.79 Å². The molecule has 0 atom stereocenters. The molecule has 1 heterocycles. The molecule has 0 spiro atoms. The van der Waals surface area contributed by atoms with Crippen molar-refractivity contribution in [2.75, 3.05) is 0 Å². The predicted molar refractivity (Wildman–Crippen MR) is 121 cm³/mol. The first-order valence-corrected chi connectivity index (χ1v) is 10.5. The van der Waals surface area contributed by atoms with Crippen molar-refractivity contribution >= 4 is 35.1 Å². The second kappa shape index (κ2) is 8.55. The van der Waals surface area contributed by atoms with Gasteiger partial charge >= 0.3 is 0 Å². The van der Waals surface area contributed by atoms with Gasteiger partial charge in [-0.1, -0.05) is 60.5 Å². The van der Waals surface area contributed by atoms with Gasteiger partial charge in [-0.2, -0.15) is 0 Å². The SMILES string of the molecule is CCc1ccc(/C=C2\Oc3cc(OCc4c(Cl)cccc4Cl)cc(C)c3C2=O)cc1. The standard InChI is InChI=1S/C25H20Cl2O3/c1-3-16-7-9-17(10-8-16)12-23-25(28)24-15(2)11-18(13-22(24)30-23)29-14-19-20(26)5-4-6-21(19)27/h4-13H,3,14H2,1-2H3/b23-12-. The van der Waals surface area contributed by atoms with Crippen molar-refractivity contribution in [3.63, 3.8) is 0 Å². The smallest absolute Gasteiger partial charge is 0.232 e. The van der Waals surface area contributed by atoms with E-state index in [1.165, 1.54) is 5.56 Å². The molecule has 1 aliphatic heterocycles. The van der Waals surface area contributed by atoms with E-state index in [1.54, 1.807) is 30.3 Å². The molecule has 152 valence electrons. The Morgan fingerprint density at radius 3 is 2.40 bits per heavy atom. The van der Waals surface area contributed by atoms with Crippen LogP contribution < -0.4 is 9.47 Å². The summed E-state index contributed by atoms with van der Waals surface area (Å²) in [5.41, 5.74) is 4.24. The molecule has 0 N–H and O–H groups in total. The lowest BCUT2D eigenvalue weighted by atomic mass is 10.0. The molecule has 3 nitrogen and oxygen atoms in total. The molecule has 0 saturated heterocycles. The molecule has 5 heteroatoms. The van der Waals surface area contributed by atoms with E-state index >= 15 is 0 Å². The normalized spacial score (nSPS) is 14.0. The van der Waals surface area contributed by atoms with Crippen LogP contribution in [0.1, 0.15) is 39.5 Å². The van der Waals surface area contributed by atoms with Crippen LogP contribution in [0.2, 0.25) is 10.0 Å². The fraction of sp³-hybridized carbons (Fsp3) is 0.160. The lowest BCUT2D eigenvalue weighted by Crippen LogP contribution is -2.00. The first kappa shape index (κ1) is 20.5. The number of aryl methyl sites for hydroxylation is 2. The van der Waals surface area contributed by atoms with E-state index in [0.29, 0.717) is 38.4 Å². The Morgan fingerprint density at radius 2 is 1.73 bits per heavy atom. The van der Waals surface area contributed by atoms with Crippen LogP contribution in [-0.4, -0.2) is 5.78 Å². The molecule has 0 amide bonds. The van der Waals surface area contributed by atoms with Crippen molar-refractivity contribution in [1.82, 2.24) is 0 Å². The molecule has 0 radical (unpaired) electrons. The molecule has 1 aliphatic rings. The van der Waals surface area contributed by atoms with Crippen molar-refractivity contribution in [3.8, 4) is 11.5 Å². The second-order valence-corrected chi connectivity index (χ2v) is 7.95. The van der Waals surface area contributed by atoms with Gasteiger partial charge in [0.2, 0.25) is 5.78 Å². The van der Waals surface area contributed by atoms with Gasteiger partial charge in [0.15, 0.2) is 5.76 Å². The summed E-state index contributed by atoms with van der Waals surface area (Å²) in [7, 11) is 0. The van der Waals surface area contributed by atoms with Gasteiger partial charge in [0.05, 0.1) is 5.56 Å². The average Bonchev–Trinajstić information content (AvgIpc) is 3.04. The monoisotopic (exact) mass is 438 g/mol. The molecule has 0 saturated carbocycles. The van der Waals surface area contributed by atoms with Gasteiger partial charge in [0.1, 0.15) is 18.1 Å². The number of halogens is 2. The van der Waals surface area contributed by atoms with Gasteiger partial charge in [-0.15, -0.1) is 0 Å². The molecule has 0 unspecified atom stereocenters. The number of hydrogen-bond donors (Lipinski definition) is 0. The van der Waals surface area contributed by atoms with Crippen LogP contribution in [0.3, 0.4) is 0 Å². The molecular weight excluding hydrogens is 419 g/mol. The maximum Gasteiger partial charge on any atom is 0.232 e. The van der Waals surface area contributed by atoms with E-state index in [1.807, 2.05) is 25.1 Å². The summed E-state index contributed by atoms with van der Waals surface area (Å²) in [6.45, 7) is 4.20. The zero-order chi connectivity index (χ0) is 21.3. The van der Waals surface area contributed by atoms with Gasteiger partial charge in [-0.25, -0.2) is 0 Å². The van der Waals surface area contributed by atoms with Crippen LogP contribution in [0.4, 0.5) is 0 Å². The minimum absolute atomic E-state index is 0.122. The van der Waals surface area contributed by atoms with Crippen LogP contribution in [-0.2, 0) is 13.0 Å². The Bertz CT molecular complexity index is 1130. The van der Waals surface area contributed by atoms with Gasteiger partial charge in [0, 0.05) is 21.7 Å². The van der Waals surface area contributed by atoms with Crippen molar-refractivity contribution in [2.45, 2.75) is 26.9 Å². The third-order valence-electron chi connectivity index (χ3n) is 5.07. The molecule has 3 aromatic rings. The van der Waals surface area contributed by atoms with Crippen molar-refractivity contribution in [2.24, 2.45) is 0 Å². The maximum absolute atomic E-state index is 12.9. The van der Waals surface area contributed by atoms with Gasteiger partial charge in [-0.05, 0) is 54.3 Å². The highest BCUT2D eigenvalue weighted by molar-refractivity contribution is 6.35. The number of carbonyl (C=O) groups excluding carboxylic acids is 1. The number of Topliss-reactive ketones (excluding diaryl/α,β-unsaturated/α-hetero) is 1. The van der Waals surface area contributed by atoms with Crippen LogP contribution in [0.25, 0.3) is 6.08 Å². The Labute approximate surface area is 185 Å². The van der Waals surface area contributed by atoms with Crippen molar-refractivity contribution in [3.05, 3.63) is 98.2 Å². The summed E-state index contributed by atoms with van der Waals surface area (Å²) in [5.74, 6) is 1.27. The van der Waals surface area contributed by atoms with Crippen LogP contribution >= 0.6 is 23.2 Å². The van der Waals surface area contributed by atoms with E-state index in [-0.39, 0.29) is 12.4 Å². The lowest BCUT2D eigenvalue weighted by molar-refractivity contribution is 0.101. The topological polar surface area (TPSA) is 35.5 Å². The van der Waals surface area contributed by atoms with Gasteiger partial charge in [0.25, 0.3) is 0 Å². The van der Waals surface area contributed by atoms with Gasteiger partial charge < -0.3 is 9.47 Å². The molecule has 0 aliphatic carbocycles. The Kier molecular flexibility index (Phi) is 5.85. The maximum atomic E-state index is 12.9. The van der Waals surface area contributed by atoms with Gasteiger partial charge in [-0.3, -0.25) is 4.79 Å². The zero-order valence-electron chi connectivity index (χ0n) is 16.7. The Morgan fingerprint density at radius 1 is 1.03 bits per heavy atom. The number of rotatable bonds is 5. The lowest BCUT2D eigenvalue weighted by Gasteiger charge is -2.11. The summed E-state index contributed by atoms with van der Waals surface area (Å²) in [6.07, 6.45) is 2.74. The number of ether oxygens (including phenoxy) is 2. The molecule has 3 aromatic carbocycles. The summed E-state index contributed by atoms with van der Waals surface area (Å²) in [4.78, 5) is 12.9. The Hall–Kier alpha value is -2.75. The molecule has 0 bridgehead atoms. The molecule has 30 heavy (non-hydrogen) atoms. The first-order chi connectivity index (χ1) is 14.5. The van der Waals surface area contributed by atoms with Crippen LogP contribution in [0.15, 0.2) is 60.4 Å². The third-order valence-corrected chi connectivity index (χ3v) is 5.78. The highest BCUT2D eigenvalue weighted by Gasteiger charge is 2.30. The fourth-order valence-electron chi connectivity index (χ4n) is 3.39. The zero-order valence-corrected chi connectivity index (χ0v) is 18.2. The van der Waals surface area contributed by atoms with Crippen LogP contribution in [0, 0.1) is 6.92 Å². The largest absolute Gasteiger partial charge is 0.489 e. The van der Waals surface area contributed by atoms with E-state index in [0.717, 1.165) is 17.5 Å². The summed E-state index contributed by atoms with van der Waals surface area (Å²) >= 11 is 12.4. The van der Waals surface area contributed by atoms with Crippen LogP contribution in [0.5, 0.6) is 11.5 Å². The van der Waals surface area contributed by atoms with Crippen molar-refractivity contribution in [1.29, 1.82) is 0 Å². The predicted octanol–water partition coefficient (Wildman–Crippen LogP) is 7.06. The third kappa shape index (κ3) is 4.09. The highest BCUT2D eigenvalue weighted by atomic mass is 35.5. The molecule has 4 rings (SSSR count). The summed E-state index contributed by atoms with van der Waals surface area (Å²) in [5, 5.41) is 1.09. The number of hydrogen-bond acceptors (Lipinski definition) is 3.